The van der Waals surface area contributed by atoms with E-state index >= 15 is 4.79 Å². The molecular weight excluding hydrogens is 952 g/mol. The third kappa shape index (κ3) is 11.4. The zero-order chi connectivity index (χ0) is 50.7. The Morgan fingerprint density at radius 2 is 1.56 bits per heavy atom. The van der Waals surface area contributed by atoms with E-state index in [9.17, 15) is 32.4 Å². The molecule has 0 radical (unpaired) electrons. The van der Waals surface area contributed by atoms with Gasteiger partial charge in [0.15, 0.2) is 9.84 Å². The van der Waals surface area contributed by atoms with E-state index in [-0.39, 0.29) is 66.7 Å². The van der Waals surface area contributed by atoms with E-state index in [0.717, 1.165) is 35.0 Å². The number of halogens is 2. The number of piperidine rings is 2. The van der Waals surface area contributed by atoms with Crippen molar-refractivity contribution in [2.45, 2.75) is 115 Å². The maximum absolute atomic E-state index is 15.2. The van der Waals surface area contributed by atoms with Crippen LogP contribution in [0.25, 0.3) is 11.0 Å². The standard InChI is InChI=1S/C53H62Cl2N6O8S/c1-32(2)44(31-70(68,69)33(3)4)61-47(35-17-21-38(54)22-18-35)41(37-14-10-15-39(55)28-37)29-53(5,51(61)66)30-46(63)57-40-23-19-36(20-24-40)49(64)56-27-9-7-8-12-34-13-11-16-42-48(34)59(6)52(67)60(42)43-25-26-45(62)58-50(43)65/h10-11,13-24,28,32-33,41,43-44,47H,7-9,12,25-27,29-31H2,1-6H3,(H,56,64)(H,57,63)(H,58,62,65)/t41-,43?,44-,47-,53-/m1/s1. The molecule has 7 rings (SSSR count). The minimum Gasteiger partial charge on any atom is -0.352 e. The van der Waals surface area contributed by atoms with Crippen LogP contribution in [-0.4, -0.2) is 75.6 Å². The molecule has 0 saturated carbocycles. The molecule has 0 bridgehead atoms. The first kappa shape index (κ1) is 52.1. The Labute approximate surface area is 419 Å². The fourth-order valence-corrected chi connectivity index (χ4v) is 11.8. The van der Waals surface area contributed by atoms with Crippen LogP contribution in [-0.2, 0) is 42.5 Å². The maximum Gasteiger partial charge on any atom is 0.329 e. The number of hydrogen-bond donors (Lipinski definition) is 3. The van der Waals surface area contributed by atoms with Gasteiger partial charge in [0, 0.05) is 59.7 Å². The summed E-state index contributed by atoms with van der Waals surface area (Å²) >= 11 is 12.9. The first-order valence-electron chi connectivity index (χ1n) is 23.9. The number of nitrogens with zero attached hydrogens (tertiary/aromatic N) is 3. The lowest BCUT2D eigenvalue weighted by Crippen LogP contribution is -2.59. The number of carbonyl (C=O) groups is 5. The largest absolute Gasteiger partial charge is 0.352 e. The highest BCUT2D eigenvalue weighted by molar-refractivity contribution is 7.92. The van der Waals surface area contributed by atoms with Gasteiger partial charge in [-0.15, -0.1) is 0 Å². The summed E-state index contributed by atoms with van der Waals surface area (Å²) in [5.41, 5.74) is 3.29. The highest BCUT2D eigenvalue weighted by Crippen LogP contribution is 2.53. The van der Waals surface area contributed by atoms with Crippen molar-refractivity contribution in [1.82, 2.24) is 24.7 Å². The Hall–Kier alpha value is -5.77. The number of aromatic nitrogens is 2. The molecule has 14 nitrogen and oxygen atoms in total. The van der Waals surface area contributed by atoms with Gasteiger partial charge in [-0.25, -0.2) is 13.2 Å². The normalized spacial score (nSPS) is 20.2. The van der Waals surface area contributed by atoms with Crippen molar-refractivity contribution in [2.75, 3.05) is 17.6 Å². The van der Waals surface area contributed by atoms with E-state index in [1.54, 1.807) is 79.8 Å². The number of rotatable bonds is 18. The van der Waals surface area contributed by atoms with Crippen LogP contribution in [0.5, 0.6) is 0 Å². The van der Waals surface area contributed by atoms with Crippen molar-refractivity contribution in [3.05, 3.63) is 134 Å². The van der Waals surface area contributed by atoms with Gasteiger partial charge < -0.3 is 15.5 Å². The molecule has 17 heteroatoms. The number of sulfone groups is 1. The van der Waals surface area contributed by atoms with Crippen LogP contribution in [0.2, 0.25) is 10.0 Å². The average molecular weight is 1010 g/mol. The van der Waals surface area contributed by atoms with Gasteiger partial charge in [0.25, 0.3) is 5.91 Å². The zero-order valence-electron chi connectivity index (χ0n) is 40.5. The number of unbranched alkanes of at least 4 members (excludes halogenated alkanes) is 2. The van der Waals surface area contributed by atoms with Crippen LogP contribution in [0.1, 0.15) is 125 Å². The number of anilines is 1. The molecule has 372 valence electrons. The first-order chi connectivity index (χ1) is 33.2. The van der Waals surface area contributed by atoms with E-state index in [1.807, 2.05) is 62.4 Å². The summed E-state index contributed by atoms with van der Waals surface area (Å²) in [4.78, 5) is 81.8. The molecule has 1 aromatic heterocycles. The molecule has 2 aliphatic heterocycles. The number of likely N-dealkylation sites (tertiary alicyclic amines) is 1. The molecule has 2 saturated heterocycles. The quantitative estimate of drug-likeness (QED) is 0.0575. The van der Waals surface area contributed by atoms with Gasteiger partial charge in [-0.05, 0) is 123 Å². The minimum atomic E-state index is -3.63. The molecule has 0 aliphatic carbocycles. The molecule has 70 heavy (non-hydrogen) atoms. The Morgan fingerprint density at radius 1 is 0.857 bits per heavy atom. The van der Waals surface area contributed by atoms with Gasteiger partial charge >= 0.3 is 5.69 Å². The zero-order valence-corrected chi connectivity index (χ0v) is 42.8. The number of hydrogen-bond acceptors (Lipinski definition) is 8. The number of aryl methyl sites for hydroxylation is 2. The predicted molar refractivity (Wildman–Crippen MR) is 274 cm³/mol. The second-order valence-corrected chi connectivity index (χ2v) is 23.1. The van der Waals surface area contributed by atoms with Crippen molar-refractivity contribution in [1.29, 1.82) is 0 Å². The minimum absolute atomic E-state index is 0.169. The summed E-state index contributed by atoms with van der Waals surface area (Å²) in [6.07, 6.45) is 3.51. The number of nitrogens with one attached hydrogen (secondary N) is 3. The van der Waals surface area contributed by atoms with E-state index < -0.39 is 50.4 Å². The van der Waals surface area contributed by atoms with Gasteiger partial charge in [0.2, 0.25) is 23.6 Å². The summed E-state index contributed by atoms with van der Waals surface area (Å²) in [5.74, 6) is -2.72. The highest BCUT2D eigenvalue weighted by Gasteiger charge is 2.53. The summed E-state index contributed by atoms with van der Waals surface area (Å²) in [7, 11) is -1.94. The molecular formula is C53H62Cl2N6O8S. The van der Waals surface area contributed by atoms with Crippen LogP contribution >= 0.6 is 23.2 Å². The van der Waals surface area contributed by atoms with Gasteiger partial charge in [-0.1, -0.05) is 86.8 Å². The highest BCUT2D eigenvalue weighted by atomic mass is 35.5. The number of amides is 5. The number of para-hydroxylation sites is 1. The predicted octanol–water partition coefficient (Wildman–Crippen LogP) is 8.71. The van der Waals surface area contributed by atoms with Crippen LogP contribution in [0.15, 0.2) is 95.8 Å². The summed E-state index contributed by atoms with van der Waals surface area (Å²) in [6, 6.07) is 24.8. The number of benzene rings is 4. The number of imide groups is 1. The molecule has 3 N–H and O–H groups in total. The van der Waals surface area contributed by atoms with Gasteiger partial charge in [0.1, 0.15) is 6.04 Å². The molecule has 5 amide bonds. The molecule has 2 fully saturated rings. The molecule has 5 aromatic rings. The fraction of sp³-hybridized carbons (Fsp3) is 0.434. The van der Waals surface area contributed by atoms with E-state index in [4.69, 9.17) is 23.2 Å². The van der Waals surface area contributed by atoms with Crippen molar-refractivity contribution in [2.24, 2.45) is 18.4 Å². The smallest absolute Gasteiger partial charge is 0.329 e. The molecule has 4 aromatic carbocycles. The van der Waals surface area contributed by atoms with Gasteiger partial charge in [0.05, 0.1) is 33.5 Å². The van der Waals surface area contributed by atoms with Crippen molar-refractivity contribution < 1.29 is 32.4 Å². The van der Waals surface area contributed by atoms with Crippen LogP contribution in [0.3, 0.4) is 0 Å². The Bertz CT molecular complexity index is 2950. The Balaban J connectivity index is 0.994. The molecule has 2 aliphatic rings. The molecule has 0 spiro atoms. The molecule has 5 atom stereocenters. The third-order valence-electron chi connectivity index (χ3n) is 13.9. The van der Waals surface area contributed by atoms with E-state index in [2.05, 4.69) is 16.0 Å². The summed E-state index contributed by atoms with van der Waals surface area (Å²) in [6.45, 7) is 9.30. The lowest BCUT2D eigenvalue weighted by Gasteiger charge is -2.53. The maximum atomic E-state index is 15.2. The fourth-order valence-electron chi connectivity index (χ4n) is 10.1. The number of fused-ring (bicyclic) bond motifs is 1. The second-order valence-electron chi connectivity index (χ2n) is 19.7. The van der Waals surface area contributed by atoms with Crippen molar-refractivity contribution >= 4 is 79.3 Å². The van der Waals surface area contributed by atoms with Gasteiger partial charge in [-0.2, -0.15) is 0 Å². The first-order valence-corrected chi connectivity index (χ1v) is 26.4. The topological polar surface area (TPSA) is 186 Å². The Kier molecular flexibility index (Phi) is 16.1. The Morgan fingerprint density at radius 3 is 2.21 bits per heavy atom. The lowest BCUT2D eigenvalue weighted by atomic mass is 9.66. The lowest BCUT2D eigenvalue weighted by molar-refractivity contribution is -0.157. The van der Waals surface area contributed by atoms with Crippen molar-refractivity contribution in [3.8, 4) is 0 Å². The van der Waals surface area contributed by atoms with E-state index in [1.165, 1.54) is 4.57 Å². The van der Waals surface area contributed by atoms with Crippen LogP contribution < -0.4 is 21.6 Å². The number of imidazole rings is 1. The van der Waals surface area contributed by atoms with E-state index in [0.29, 0.717) is 46.2 Å². The van der Waals surface area contributed by atoms with Gasteiger partial charge in [-0.3, -0.25) is 38.4 Å². The summed E-state index contributed by atoms with van der Waals surface area (Å²) in [5, 5.41) is 8.60. The second kappa shape index (κ2) is 21.7. The molecule has 1 unspecified atom stereocenters. The van der Waals surface area contributed by atoms with Crippen LogP contribution in [0, 0.1) is 11.3 Å². The monoisotopic (exact) mass is 1010 g/mol. The van der Waals surface area contributed by atoms with Crippen molar-refractivity contribution in [3.63, 3.8) is 0 Å². The number of carbonyl (C=O) groups excluding carboxylic acids is 5. The third-order valence-corrected chi connectivity index (χ3v) is 16.7. The SMILES string of the molecule is CC(C)[C@@H](CS(=O)(=O)C(C)C)N1C(=O)[C@@](C)(CC(=O)Nc2ccc(C(=O)NCCCCCc3cccc4c3n(C)c(=O)n4C3CCC(=O)NC3=O)cc2)C[C@H](c2cccc(Cl)c2)[C@H]1c1ccc(Cl)cc1. The molecule has 3 heterocycles. The van der Waals surface area contributed by atoms with Crippen LogP contribution in [0.4, 0.5) is 5.69 Å². The average Bonchev–Trinajstić information content (AvgIpc) is 3.56. The summed E-state index contributed by atoms with van der Waals surface area (Å²) < 4.78 is 30.3.